The monoisotopic (exact) mass is 396 g/mol. The van der Waals surface area contributed by atoms with E-state index in [4.69, 9.17) is 4.74 Å². The minimum absolute atomic E-state index is 0.0337. The molecule has 1 nitrogen and oxygen atoms in total. The third kappa shape index (κ3) is 6.70. The molecule has 0 unspecified atom stereocenters. The molecule has 3 heteroatoms. The molecular weight excluding hydrogens is 366 g/mol. The van der Waals surface area contributed by atoms with E-state index < -0.39 is 11.6 Å². The van der Waals surface area contributed by atoms with Gasteiger partial charge in [0.25, 0.3) is 0 Å². The number of ether oxygens (including phenoxy) is 1. The summed E-state index contributed by atoms with van der Waals surface area (Å²) in [4.78, 5) is 0. The molecule has 0 aliphatic rings. The zero-order valence-electron chi connectivity index (χ0n) is 17.4. The Morgan fingerprint density at radius 3 is 2.28 bits per heavy atom. The Bertz CT molecular complexity index is 863. The van der Waals surface area contributed by atoms with Gasteiger partial charge in [0.15, 0.2) is 11.6 Å². The Balaban J connectivity index is 2.02. The van der Waals surface area contributed by atoms with Crippen LogP contribution in [0, 0.1) is 11.6 Å². The summed E-state index contributed by atoms with van der Waals surface area (Å²) in [6, 6.07) is 10.6. The van der Waals surface area contributed by atoms with Gasteiger partial charge in [0.2, 0.25) is 5.82 Å². The summed E-state index contributed by atoms with van der Waals surface area (Å²) >= 11 is 0. The van der Waals surface area contributed by atoms with Gasteiger partial charge in [-0.25, -0.2) is 4.39 Å². The van der Waals surface area contributed by atoms with E-state index in [9.17, 15) is 8.78 Å². The second kappa shape index (κ2) is 11.4. The van der Waals surface area contributed by atoms with Crippen LogP contribution in [0.1, 0.15) is 45.1 Å². The van der Waals surface area contributed by atoms with Crippen molar-refractivity contribution < 1.29 is 13.5 Å². The molecule has 2 aromatic rings. The lowest BCUT2D eigenvalue weighted by molar-refractivity contribution is 0.289. The van der Waals surface area contributed by atoms with Crippen molar-refractivity contribution in [1.82, 2.24) is 0 Å². The van der Waals surface area contributed by atoms with E-state index >= 15 is 0 Å². The molecule has 154 valence electrons. The van der Waals surface area contributed by atoms with Gasteiger partial charge in [-0.05, 0) is 48.9 Å². The molecule has 0 aliphatic carbocycles. The highest BCUT2D eigenvalue weighted by Gasteiger charge is 2.15. The molecule has 0 spiro atoms. The molecule has 0 amide bonds. The Labute approximate surface area is 173 Å². The summed E-state index contributed by atoms with van der Waals surface area (Å²) in [5, 5.41) is 0. The largest absolute Gasteiger partial charge is 0.490 e. The van der Waals surface area contributed by atoms with Gasteiger partial charge in [0.1, 0.15) is 0 Å². The Kier molecular flexibility index (Phi) is 8.85. The maximum atomic E-state index is 14.5. The van der Waals surface area contributed by atoms with E-state index in [1.807, 2.05) is 43.3 Å². The first-order valence-electron chi connectivity index (χ1n) is 10.2. The number of aryl methyl sites for hydroxylation is 1. The van der Waals surface area contributed by atoms with E-state index in [1.165, 1.54) is 6.07 Å². The number of allylic oxidation sites excluding steroid dienone is 4. The van der Waals surface area contributed by atoms with Gasteiger partial charge in [-0.2, -0.15) is 4.39 Å². The van der Waals surface area contributed by atoms with Crippen LogP contribution in [0.25, 0.3) is 11.1 Å². The standard InChI is InChI=1S/C26H30F2O/c1-5-7-18-29-24-17-16-23(25(27)26(24)28)22-14-12-21(13-15-22)11-10-20(4)9-8-19(3)6-2/h8-9,12-17H,3-7,10-11,18H2,1-2H3/b9-8-. The molecule has 0 aromatic heterocycles. The van der Waals surface area contributed by atoms with Crippen molar-refractivity contribution in [2.45, 2.75) is 46.0 Å². The van der Waals surface area contributed by atoms with Crippen LogP contribution in [0.3, 0.4) is 0 Å². The van der Waals surface area contributed by atoms with Crippen LogP contribution in [-0.4, -0.2) is 6.61 Å². The lowest BCUT2D eigenvalue weighted by Crippen LogP contribution is -2.01. The highest BCUT2D eigenvalue weighted by molar-refractivity contribution is 5.65. The van der Waals surface area contributed by atoms with Gasteiger partial charge in [0.05, 0.1) is 6.61 Å². The lowest BCUT2D eigenvalue weighted by atomic mass is 10.00. The first-order chi connectivity index (χ1) is 14.0. The zero-order chi connectivity index (χ0) is 21.2. The molecule has 0 N–H and O–H groups in total. The van der Waals surface area contributed by atoms with E-state index in [2.05, 4.69) is 20.1 Å². The normalized spacial score (nSPS) is 11.0. The fraction of sp³-hybridized carbons (Fsp3) is 0.308. The van der Waals surface area contributed by atoms with Crippen LogP contribution >= 0.6 is 0 Å². The highest BCUT2D eigenvalue weighted by atomic mass is 19.2. The topological polar surface area (TPSA) is 9.23 Å². The highest BCUT2D eigenvalue weighted by Crippen LogP contribution is 2.30. The summed E-state index contributed by atoms with van der Waals surface area (Å²) in [7, 11) is 0. The van der Waals surface area contributed by atoms with Crippen LogP contribution in [0.2, 0.25) is 0 Å². The molecule has 2 rings (SSSR count). The van der Waals surface area contributed by atoms with Crippen molar-refractivity contribution in [2.24, 2.45) is 0 Å². The van der Waals surface area contributed by atoms with Gasteiger partial charge in [-0.3, -0.25) is 0 Å². The lowest BCUT2D eigenvalue weighted by Gasteiger charge is -2.11. The van der Waals surface area contributed by atoms with Crippen molar-refractivity contribution in [3.8, 4) is 16.9 Å². The summed E-state index contributed by atoms with van der Waals surface area (Å²) < 4.78 is 34.1. The fourth-order valence-corrected chi connectivity index (χ4v) is 2.79. The third-order valence-electron chi connectivity index (χ3n) is 4.81. The minimum atomic E-state index is -0.931. The zero-order valence-corrected chi connectivity index (χ0v) is 17.4. The molecule has 29 heavy (non-hydrogen) atoms. The van der Waals surface area contributed by atoms with Gasteiger partial charge in [-0.1, -0.05) is 81.0 Å². The molecule has 0 saturated carbocycles. The van der Waals surface area contributed by atoms with E-state index in [1.54, 1.807) is 6.07 Å². The Hall–Kier alpha value is -2.68. The van der Waals surface area contributed by atoms with Crippen molar-refractivity contribution in [3.05, 3.63) is 90.1 Å². The molecule has 0 saturated heterocycles. The van der Waals surface area contributed by atoms with Gasteiger partial charge in [0, 0.05) is 5.56 Å². The number of benzene rings is 2. The second-order valence-corrected chi connectivity index (χ2v) is 7.14. The van der Waals surface area contributed by atoms with Crippen LogP contribution in [0.5, 0.6) is 5.75 Å². The molecule has 0 bridgehead atoms. The molecule has 0 heterocycles. The Morgan fingerprint density at radius 1 is 0.931 bits per heavy atom. The maximum absolute atomic E-state index is 14.5. The molecule has 0 radical (unpaired) electrons. The predicted molar refractivity (Wildman–Crippen MR) is 118 cm³/mol. The average Bonchev–Trinajstić information content (AvgIpc) is 2.74. The van der Waals surface area contributed by atoms with Crippen LogP contribution in [-0.2, 0) is 6.42 Å². The quantitative estimate of drug-likeness (QED) is 0.278. The number of rotatable bonds is 11. The SMILES string of the molecule is C=C(/C=C\C(=C)CCc1ccc(-c2ccc(OCCCC)c(F)c2F)cc1)CC. The molecular formula is C26H30F2O. The average molecular weight is 397 g/mol. The smallest absolute Gasteiger partial charge is 0.201 e. The number of hydrogen-bond acceptors (Lipinski definition) is 1. The first-order valence-corrected chi connectivity index (χ1v) is 10.2. The predicted octanol–water partition coefficient (Wildman–Crippen LogP) is 7.82. The third-order valence-corrected chi connectivity index (χ3v) is 4.81. The van der Waals surface area contributed by atoms with Gasteiger partial charge >= 0.3 is 0 Å². The van der Waals surface area contributed by atoms with Crippen molar-refractivity contribution in [2.75, 3.05) is 6.61 Å². The second-order valence-electron chi connectivity index (χ2n) is 7.14. The van der Waals surface area contributed by atoms with Crippen LogP contribution in [0.4, 0.5) is 8.78 Å². The van der Waals surface area contributed by atoms with E-state index in [0.29, 0.717) is 12.2 Å². The summed E-state index contributed by atoms with van der Waals surface area (Å²) in [5.74, 6) is -1.84. The number of hydrogen-bond donors (Lipinski definition) is 0. The first kappa shape index (κ1) is 22.6. The molecule has 0 aliphatic heterocycles. The van der Waals surface area contributed by atoms with E-state index in [0.717, 1.165) is 48.8 Å². The van der Waals surface area contributed by atoms with Gasteiger partial charge < -0.3 is 4.74 Å². The van der Waals surface area contributed by atoms with E-state index in [-0.39, 0.29) is 11.3 Å². The summed E-state index contributed by atoms with van der Waals surface area (Å²) in [6.45, 7) is 12.5. The van der Waals surface area contributed by atoms with Crippen LogP contribution < -0.4 is 4.74 Å². The van der Waals surface area contributed by atoms with Crippen molar-refractivity contribution in [1.29, 1.82) is 0 Å². The number of halogens is 2. The molecule has 0 fully saturated rings. The molecule has 2 aromatic carbocycles. The van der Waals surface area contributed by atoms with Crippen molar-refractivity contribution in [3.63, 3.8) is 0 Å². The van der Waals surface area contributed by atoms with Crippen LogP contribution in [0.15, 0.2) is 72.9 Å². The summed E-state index contributed by atoms with van der Waals surface area (Å²) in [6.07, 6.45) is 8.34. The van der Waals surface area contributed by atoms with Crippen molar-refractivity contribution >= 4 is 0 Å². The molecule has 0 atom stereocenters. The Morgan fingerprint density at radius 2 is 1.62 bits per heavy atom. The number of unbranched alkanes of at least 4 members (excludes halogenated alkanes) is 1. The van der Waals surface area contributed by atoms with Gasteiger partial charge in [-0.15, -0.1) is 0 Å². The summed E-state index contributed by atoms with van der Waals surface area (Å²) in [5.41, 5.74) is 4.12. The minimum Gasteiger partial charge on any atom is -0.490 e. The maximum Gasteiger partial charge on any atom is 0.201 e. The fourth-order valence-electron chi connectivity index (χ4n) is 2.79.